The molecule has 4 nitrogen and oxygen atoms in total. The molecule has 0 amide bonds. The summed E-state index contributed by atoms with van der Waals surface area (Å²) in [6.07, 6.45) is 2.00. The van der Waals surface area contributed by atoms with Crippen molar-refractivity contribution in [3.05, 3.63) is 29.8 Å². The molecule has 3 unspecified atom stereocenters. The van der Waals surface area contributed by atoms with Gasteiger partial charge in [-0.3, -0.25) is 4.21 Å². The van der Waals surface area contributed by atoms with Gasteiger partial charge in [0.15, 0.2) is 0 Å². The van der Waals surface area contributed by atoms with Gasteiger partial charge in [0.25, 0.3) is 0 Å². The molecule has 1 aromatic rings. The Labute approximate surface area is 124 Å². The van der Waals surface area contributed by atoms with Gasteiger partial charge in [0, 0.05) is 35.4 Å². The molecule has 0 heterocycles. The van der Waals surface area contributed by atoms with Crippen molar-refractivity contribution in [2.45, 2.75) is 32.4 Å². The van der Waals surface area contributed by atoms with Crippen molar-refractivity contribution in [1.29, 1.82) is 0 Å². The molecule has 5 heteroatoms. The molecule has 0 aliphatic heterocycles. The molecule has 0 aliphatic rings. The van der Waals surface area contributed by atoms with Gasteiger partial charge in [-0.15, -0.1) is 0 Å². The Kier molecular flexibility index (Phi) is 7.80. The molecular weight excluding hydrogens is 274 g/mol. The fourth-order valence-electron chi connectivity index (χ4n) is 1.67. The van der Waals surface area contributed by atoms with E-state index in [0.717, 1.165) is 12.2 Å². The van der Waals surface area contributed by atoms with E-state index in [1.54, 1.807) is 6.26 Å². The lowest BCUT2D eigenvalue weighted by atomic mass is 10.2. The van der Waals surface area contributed by atoms with Gasteiger partial charge in [-0.05, 0) is 32.4 Å². The standard InChI is InChI=1S/C15H25NO3S/c1-12-4-6-15(7-5-12)19-11-14(17)10-16-13(2)8-9-20(3)18/h4-7,13-14,16-17H,8-11H2,1-3H3. The summed E-state index contributed by atoms with van der Waals surface area (Å²) >= 11 is 0. The summed E-state index contributed by atoms with van der Waals surface area (Å²) in [7, 11) is -0.758. The van der Waals surface area contributed by atoms with E-state index in [1.807, 2.05) is 38.1 Å². The number of nitrogens with one attached hydrogen (secondary N) is 1. The molecule has 0 saturated carbocycles. The van der Waals surface area contributed by atoms with Crippen molar-refractivity contribution >= 4 is 10.8 Å². The molecule has 1 aromatic carbocycles. The third-order valence-electron chi connectivity index (χ3n) is 3.00. The zero-order valence-corrected chi connectivity index (χ0v) is 13.3. The average molecular weight is 299 g/mol. The van der Waals surface area contributed by atoms with Gasteiger partial charge in [-0.1, -0.05) is 17.7 Å². The zero-order valence-electron chi connectivity index (χ0n) is 12.5. The van der Waals surface area contributed by atoms with Crippen molar-refractivity contribution in [3.63, 3.8) is 0 Å². The zero-order chi connectivity index (χ0) is 15.0. The lowest BCUT2D eigenvalue weighted by Crippen LogP contribution is -2.37. The number of hydrogen-bond donors (Lipinski definition) is 2. The quantitative estimate of drug-likeness (QED) is 0.725. The number of rotatable bonds is 9. The average Bonchev–Trinajstić information content (AvgIpc) is 2.42. The van der Waals surface area contributed by atoms with Crippen LogP contribution >= 0.6 is 0 Å². The van der Waals surface area contributed by atoms with Crippen LogP contribution in [0.1, 0.15) is 18.9 Å². The molecule has 1 rings (SSSR count). The van der Waals surface area contributed by atoms with Crippen LogP contribution in [0.25, 0.3) is 0 Å². The summed E-state index contributed by atoms with van der Waals surface area (Å²) < 4.78 is 16.5. The molecule has 0 aliphatic carbocycles. The second kappa shape index (κ2) is 9.10. The van der Waals surface area contributed by atoms with Crippen molar-refractivity contribution in [2.24, 2.45) is 0 Å². The van der Waals surface area contributed by atoms with E-state index >= 15 is 0 Å². The molecule has 20 heavy (non-hydrogen) atoms. The van der Waals surface area contributed by atoms with Crippen molar-refractivity contribution in [3.8, 4) is 5.75 Å². The van der Waals surface area contributed by atoms with Gasteiger partial charge in [0.2, 0.25) is 0 Å². The summed E-state index contributed by atoms with van der Waals surface area (Å²) in [5, 5.41) is 13.1. The molecule has 0 aromatic heterocycles. The van der Waals surface area contributed by atoms with Crippen molar-refractivity contribution in [2.75, 3.05) is 25.2 Å². The highest BCUT2D eigenvalue weighted by Gasteiger charge is 2.08. The fourth-order valence-corrected chi connectivity index (χ4v) is 2.35. The van der Waals surface area contributed by atoms with E-state index in [2.05, 4.69) is 5.32 Å². The Balaban J connectivity index is 2.18. The van der Waals surface area contributed by atoms with Crippen molar-refractivity contribution in [1.82, 2.24) is 5.32 Å². The first-order valence-electron chi connectivity index (χ1n) is 6.88. The first kappa shape index (κ1) is 17.1. The maximum Gasteiger partial charge on any atom is 0.119 e. The second-order valence-electron chi connectivity index (χ2n) is 5.15. The fraction of sp³-hybridized carbons (Fsp3) is 0.600. The number of aryl methyl sites for hydroxylation is 1. The molecule has 3 atom stereocenters. The largest absolute Gasteiger partial charge is 0.491 e. The molecule has 0 fully saturated rings. The van der Waals surface area contributed by atoms with Gasteiger partial charge in [0.05, 0.1) is 0 Å². The number of benzene rings is 1. The third-order valence-corrected chi connectivity index (χ3v) is 3.81. The van der Waals surface area contributed by atoms with Gasteiger partial charge < -0.3 is 15.2 Å². The van der Waals surface area contributed by atoms with E-state index in [4.69, 9.17) is 4.74 Å². The topological polar surface area (TPSA) is 58.6 Å². The van der Waals surface area contributed by atoms with Crippen LogP contribution in [-0.4, -0.2) is 46.6 Å². The number of hydrogen-bond acceptors (Lipinski definition) is 4. The Morgan fingerprint density at radius 2 is 2.00 bits per heavy atom. The smallest absolute Gasteiger partial charge is 0.119 e. The van der Waals surface area contributed by atoms with Crippen LogP contribution < -0.4 is 10.1 Å². The van der Waals surface area contributed by atoms with Gasteiger partial charge >= 0.3 is 0 Å². The van der Waals surface area contributed by atoms with Gasteiger partial charge in [-0.2, -0.15) is 0 Å². The predicted molar refractivity (Wildman–Crippen MR) is 83.7 cm³/mol. The predicted octanol–water partition coefficient (Wildman–Crippen LogP) is 1.48. The van der Waals surface area contributed by atoms with Gasteiger partial charge in [0.1, 0.15) is 18.5 Å². The highest BCUT2D eigenvalue weighted by Crippen LogP contribution is 2.11. The SMILES string of the molecule is Cc1ccc(OCC(O)CNC(C)CCS(C)=O)cc1. The normalized spacial score (nSPS) is 15.6. The first-order valence-corrected chi connectivity index (χ1v) is 8.61. The summed E-state index contributed by atoms with van der Waals surface area (Å²) in [6, 6.07) is 8.00. The van der Waals surface area contributed by atoms with E-state index < -0.39 is 16.9 Å². The minimum Gasteiger partial charge on any atom is -0.491 e. The van der Waals surface area contributed by atoms with E-state index in [9.17, 15) is 9.32 Å². The highest BCUT2D eigenvalue weighted by molar-refractivity contribution is 7.84. The molecule has 0 bridgehead atoms. The van der Waals surface area contributed by atoms with Crippen LogP contribution in [0.3, 0.4) is 0 Å². The van der Waals surface area contributed by atoms with Gasteiger partial charge in [-0.25, -0.2) is 0 Å². The van der Waals surface area contributed by atoms with E-state index in [-0.39, 0.29) is 12.6 Å². The Morgan fingerprint density at radius 3 is 2.60 bits per heavy atom. The number of aliphatic hydroxyl groups excluding tert-OH is 1. The molecule has 0 saturated heterocycles. The monoisotopic (exact) mass is 299 g/mol. The molecule has 114 valence electrons. The maximum atomic E-state index is 11.0. The number of ether oxygens (including phenoxy) is 1. The number of aliphatic hydroxyl groups is 1. The van der Waals surface area contributed by atoms with Crippen LogP contribution in [0.2, 0.25) is 0 Å². The Morgan fingerprint density at radius 1 is 1.35 bits per heavy atom. The summed E-state index contributed by atoms with van der Waals surface area (Å²) in [5.41, 5.74) is 1.18. The molecule has 0 radical (unpaired) electrons. The van der Waals surface area contributed by atoms with Crippen molar-refractivity contribution < 1.29 is 14.1 Å². The van der Waals surface area contributed by atoms with Crippen LogP contribution in [-0.2, 0) is 10.8 Å². The lowest BCUT2D eigenvalue weighted by Gasteiger charge is -2.17. The minimum absolute atomic E-state index is 0.243. The van der Waals surface area contributed by atoms with Crippen LogP contribution in [0.5, 0.6) is 5.75 Å². The van der Waals surface area contributed by atoms with Crippen LogP contribution in [0.15, 0.2) is 24.3 Å². The summed E-state index contributed by atoms with van der Waals surface area (Å²) in [4.78, 5) is 0. The maximum absolute atomic E-state index is 11.0. The third kappa shape index (κ3) is 7.62. The molecule has 0 spiro atoms. The second-order valence-corrected chi connectivity index (χ2v) is 6.71. The Hall–Kier alpha value is -0.910. The summed E-state index contributed by atoms with van der Waals surface area (Å²) in [6.45, 7) is 4.79. The van der Waals surface area contributed by atoms with E-state index in [0.29, 0.717) is 12.3 Å². The van der Waals surface area contributed by atoms with Crippen LogP contribution in [0, 0.1) is 6.92 Å². The Bertz CT molecular complexity index is 408. The highest BCUT2D eigenvalue weighted by atomic mass is 32.2. The van der Waals surface area contributed by atoms with E-state index in [1.165, 1.54) is 5.56 Å². The molecular formula is C15H25NO3S. The first-order chi connectivity index (χ1) is 9.47. The molecule has 2 N–H and O–H groups in total. The summed E-state index contributed by atoms with van der Waals surface area (Å²) in [5.74, 6) is 1.45. The van der Waals surface area contributed by atoms with Crippen LogP contribution in [0.4, 0.5) is 0 Å². The lowest BCUT2D eigenvalue weighted by molar-refractivity contribution is 0.104. The minimum atomic E-state index is -0.758.